The van der Waals surface area contributed by atoms with E-state index in [0.29, 0.717) is 16.6 Å². The molecule has 0 aliphatic carbocycles. The molecule has 20 heavy (non-hydrogen) atoms. The van der Waals surface area contributed by atoms with Gasteiger partial charge in [0.15, 0.2) is 0 Å². The largest absolute Gasteiger partial charge is 0.508 e. The highest BCUT2D eigenvalue weighted by atomic mass is 32.2. The molecule has 106 valence electrons. The Bertz CT molecular complexity index is 609. The van der Waals surface area contributed by atoms with Crippen molar-refractivity contribution in [1.82, 2.24) is 20.2 Å². The van der Waals surface area contributed by atoms with E-state index in [4.69, 9.17) is 5.11 Å². The fraction of sp³-hybridized carbons (Fsp3) is 0.333. The maximum atomic E-state index is 11.1. The lowest BCUT2D eigenvalue weighted by molar-refractivity contribution is -0.145. The van der Waals surface area contributed by atoms with Crippen LogP contribution in [-0.4, -0.2) is 42.1 Å². The number of phenols is 1. The summed E-state index contributed by atoms with van der Waals surface area (Å²) in [5.74, 6) is -0.363. The molecule has 2 N–H and O–H groups in total. The standard InChI is InChI=1S/C12H14N4O3S/c1-12(2,10(18)19)7-20-11-13-14-15-16(11)8-3-5-9(17)6-4-8/h3-6,17H,7H2,1-2H3,(H,18,19). The molecular weight excluding hydrogens is 280 g/mol. The van der Waals surface area contributed by atoms with E-state index in [0.717, 1.165) is 0 Å². The number of tetrazole rings is 1. The van der Waals surface area contributed by atoms with Gasteiger partial charge in [-0.05, 0) is 48.5 Å². The third-order valence-electron chi connectivity index (χ3n) is 2.68. The highest BCUT2D eigenvalue weighted by molar-refractivity contribution is 7.99. The van der Waals surface area contributed by atoms with Crippen LogP contribution < -0.4 is 0 Å². The minimum absolute atomic E-state index is 0.156. The Morgan fingerprint density at radius 1 is 1.35 bits per heavy atom. The van der Waals surface area contributed by atoms with E-state index in [1.807, 2.05) is 0 Å². The van der Waals surface area contributed by atoms with Gasteiger partial charge in [0.1, 0.15) is 5.75 Å². The fourth-order valence-corrected chi connectivity index (χ4v) is 2.30. The van der Waals surface area contributed by atoms with Crippen LogP contribution in [0.25, 0.3) is 5.69 Å². The Morgan fingerprint density at radius 2 is 2.00 bits per heavy atom. The first kappa shape index (κ1) is 14.3. The number of aromatic nitrogens is 4. The number of benzene rings is 1. The lowest BCUT2D eigenvalue weighted by Gasteiger charge is -2.17. The van der Waals surface area contributed by atoms with E-state index >= 15 is 0 Å². The Labute approximate surface area is 119 Å². The Hall–Kier alpha value is -2.09. The maximum absolute atomic E-state index is 11.1. The zero-order chi connectivity index (χ0) is 14.8. The van der Waals surface area contributed by atoms with Crippen molar-refractivity contribution in [2.24, 2.45) is 5.41 Å². The van der Waals surface area contributed by atoms with E-state index in [1.54, 1.807) is 26.0 Å². The molecule has 2 aromatic rings. The molecule has 0 radical (unpaired) electrons. The predicted octanol–water partition coefficient (Wildman–Crippen LogP) is 1.57. The number of carbonyl (C=O) groups is 1. The van der Waals surface area contributed by atoms with Crippen LogP contribution in [0.1, 0.15) is 13.8 Å². The predicted molar refractivity (Wildman–Crippen MR) is 73.0 cm³/mol. The van der Waals surface area contributed by atoms with Gasteiger partial charge in [0.25, 0.3) is 0 Å². The molecule has 0 unspecified atom stereocenters. The summed E-state index contributed by atoms with van der Waals surface area (Å²) in [7, 11) is 0. The number of nitrogens with zero attached hydrogens (tertiary/aromatic N) is 4. The van der Waals surface area contributed by atoms with Gasteiger partial charge in [0.2, 0.25) is 5.16 Å². The smallest absolute Gasteiger partial charge is 0.309 e. The highest BCUT2D eigenvalue weighted by Crippen LogP contribution is 2.27. The summed E-state index contributed by atoms with van der Waals surface area (Å²) < 4.78 is 1.50. The van der Waals surface area contributed by atoms with Gasteiger partial charge in [0, 0.05) is 5.75 Å². The summed E-state index contributed by atoms with van der Waals surface area (Å²) in [5.41, 5.74) is -0.167. The van der Waals surface area contributed by atoms with Gasteiger partial charge in [-0.15, -0.1) is 5.10 Å². The molecule has 7 nitrogen and oxygen atoms in total. The number of rotatable bonds is 5. The molecule has 0 atom stereocenters. The van der Waals surface area contributed by atoms with Crippen LogP contribution >= 0.6 is 11.8 Å². The van der Waals surface area contributed by atoms with E-state index < -0.39 is 11.4 Å². The van der Waals surface area contributed by atoms with Crippen LogP contribution in [0.5, 0.6) is 5.75 Å². The van der Waals surface area contributed by atoms with Gasteiger partial charge in [0.05, 0.1) is 11.1 Å². The Kier molecular flexibility index (Phi) is 3.93. The van der Waals surface area contributed by atoms with Gasteiger partial charge in [-0.2, -0.15) is 4.68 Å². The van der Waals surface area contributed by atoms with Crippen molar-refractivity contribution in [3.63, 3.8) is 0 Å². The van der Waals surface area contributed by atoms with Gasteiger partial charge in [-0.3, -0.25) is 4.79 Å². The minimum atomic E-state index is -0.867. The topological polar surface area (TPSA) is 101 Å². The second-order valence-corrected chi connectivity index (χ2v) is 5.81. The molecule has 0 saturated carbocycles. The zero-order valence-corrected chi connectivity index (χ0v) is 11.8. The van der Waals surface area contributed by atoms with Crippen LogP contribution in [0.4, 0.5) is 0 Å². The van der Waals surface area contributed by atoms with E-state index in [2.05, 4.69) is 15.5 Å². The summed E-state index contributed by atoms with van der Waals surface area (Å²) in [6, 6.07) is 6.43. The average molecular weight is 294 g/mol. The minimum Gasteiger partial charge on any atom is -0.508 e. The zero-order valence-electron chi connectivity index (χ0n) is 11.0. The number of aliphatic carboxylic acids is 1. The van der Waals surface area contributed by atoms with Crippen LogP contribution in [-0.2, 0) is 4.79 Å². The molecule has 0 aliphatic heterocycles. The molecule has 0 spiro atoms. The lowest BCUT2D eigenvalue weighted by Crippen LogP contribution is -2.26. The van der Waals surface area contributed by atoms with Crippen molar-refractivity contribution in [2.45, 2.75) is 19.0 Å². The van der Waals surface area contributed by atoms with E-state index in [-0.39, 0.29) is 5.75 Å². The summed E-state index contributed by atoms with van der Waals surface area (Å²) in [6.07, 6.45) is 0. The third kappa shape index (κ3) is 3.08. The fourth-order valence-electron chi connectivity index (χ4n) is 1.33. The van der Waals surface area contributed by atoms with Gasteiger partial charge in [-0.25, -0.2) is 0 Å². The van der Waals surface area contributed by atoms with Gasteiger partial charge in [-0.1, -0.05) is 11.8 Å². The van der Waals surface area contributed by atoms with Crippen molar-refractivity contribution in [3.05, 3.63) is 24.3 Å². The van der Waals surface area contributed by atoms with Crippen LogP contribution in [0.15, 0.2) is 29.4 Å². The summed E-state index contributed by atoms with van der Waals surface area (Å²) in [4.78, 5) is 11.1. The van der Waals surface area contributed by atoms with Crippen molar-refractivity contribution in [3.8, 4) is 11.4 Å². The van der Waals surface area contributed by atoms with Crippen molar-refractivity contribution in [1.29, 1.82) is 0 Å². The van der Waals surface area contributed by atoms with Crippen molar-refractivity contribution >= 4 is 17.7 Å². The highest BCUT2D eigenvalue weighted by Gasteiger charge is 2.28. The molecule has 1 aromatic heterocycles. The summed E-state index contributed by atoms with van der Waals surface area (Å²) in [6.45, 7) is 3.30. The first-order chi connectivity index (χ1) is 9.40. The SMILES string of the molecule is CC(C)(CSc1nnnn1-c1ccc(O)cc1)C(=O)O. The van der Waals surface area contributed by atoms with E-state index in [9.17, 15) is 9.90 Å². The number of hydrogen-bond acceptors (Lipinski definition) is 6. The number of carboxylic acid groups (broad SMARTS) is 1. The number of phenolic OH excluding ortho intramolecular Hbond substituents is 1. The molecule has 0 bridgehead atoms. The lowest BCUT2D eigenvalue weighted by atomic mass is 9.97. The maximum Gasteiger partial charge on any atom is 0.309 e. The molecule has 0 amide bonds. The van der Waals surface area contributed by atoms with Crippen molar-refractivity contribution < 1.29 is 15.0 Å². The number of thioether (sulfide) groups is 1. The monoisotopic (exact) mass is 294 g/mol. The molecule has 0 fully saturated rings. The number of aromatic hydroxyl groups is 1. The van der Waals surface area contributed by atoms with Gasteiger partial charge >= 0.3 is 5.97 Å². The average Bonchev–Trinajstić information content (AvgIpc) is 2.85. The molecule has 8 heteroatoms. The quantitative estimate of drug-likeness (QED) is 0.807. The molecule has 1 heterocycles. The number of carboxylic acids is 1. The van der Waals surface area contributed by atoms with Crippen LogP contribution in [0.3, 0.4) is 0 Å². The molecule has 2 rings (SSSR count). The second kappa shape index (κ2) is 5.49. The molecular formula is C12H14N4O3S. The molecule has 0 aliphatic rings. The van der Waals surface area contributed by atoms with Crippen LogP contribution in [0.2, 0.25) is 0 Å². The Morgan fingerprint density at radius 3 is 2.60 bits per heavy atom. The Balaban J connectivity index is 2.17. The number of hydrogen-bond donors (Lipinski definition) is 2. The van der Waals surface area contributed by atoms with Gasteiger partial charge < -0.3 is 10.2 Å². The summed E-state index contributed by atoms with van der Waals surface area (Å²) in [5, 5.41) is 30.2. The van der Waals surface area contributed by atoms with Crippen LogP contribution in [0, 0.1) is 5.41 Å². The third-order valence-corrected chi connectivity index (χ3v) is 4.06. The normalized spacial score (nSPS) is 11.5. The second-order valence-electron chi connectivity index (χ2n) is 4.87. The summed E-state index contributed by atoms with van der Waals surface area (Å²) >= 11 is 1.27. The van der Waals surface area contributed by atoms with E-state index in [1.165, 1.54) is 28.6 Å². The first-order valence-electron chi connectivity index (χ1n) is 5.84. The molecule has 0 saturated heterocycles. The molecule has 1 aromatic carbocycles. The van der Waals surface area contributed by atoms with Crippen molar-refractivity contribution in [2.75, 3.05) is 5.75 Å². The first-order valence-corrected chi connectivity index (χ1v) is 6.83.